The Morgan fingerprint density at radius 2 is 1.35 bits per heavy atom. The number of imidazole rings is 2. The van der Waals surface area contributed by atoms with Crippen molar-refractivity contribution in [2.45, 2.75) is 81.2 Å². The molecule has 1 saturated heterocycles. The summed E-state index contributed by atoms with van der Waals surface area (Å²) in [6.45, 7) is 0.229. The van der Waals surface area contributed by atoms with Gasteiger partial charge in [0, 0.05) is 73.1 Å². The molecule has 5 aromatic rings. The topological polar surface area (TPSA) is 331 Å². The second kappa shape index (κ2) is 20.1. The van der Waals surface area contributed by atoms with E-state index in [2.05, 4.69) is 46.2 Å². The molecular weight excluding hydrogens is 807 g/mol. The zero-order valence-electron chi connectivity index (χ0n) is 33.2. The van der Waals surface area contributed by atoms with Gasteiger partial charge >= 0.3 is 11.9 Å². The van der Waals surface area contributed by atoms with Crippen molar-refractivity contribution in [1.29, 1.82) is 0 Å². The predicted octanol–water partition coefficient (Wildman–Crippen LogP) is -0.593. The van der Waals surface area contributed by atoms with Crippen molar-refractivity contribution >= 4 is 52.4 Å². The molecule has 0 aliphatic carbocycles. The third-order valence-electron chi connectivity index (χ3n) is 10.5. The summed E-state index contributed by atoms with van der Waals surface area (Å²) in [5.74, 6) is -7.07. The minimum Gasteiger partial charge on any atom is -0.508 e. The van der Waals surface area contributed by atoms with Crippen molar-refractivity contribution in [1.82, 2.24) is 51.1 Å². The molecule has 1 aliphatic rings. The van der Waals surface area contributed by atoms with E-state index >= 15 is 0 Å². The Labute approximate surface area is 353 Å². The molecule has 0 unspecified atom stereocenters. The molecule has 326 valence electrons. The van der Waals surface area contributed by atoms with Crippen molar-refractivity contribution in [2.75, 3.05) is 6.54 Å². The lowest BCUT2D eigenvalue weighted by atomic mass is 10.0. The fourth-order valence-corrected chi connectivity index (χ4v) is 7.33. The van der Waals surface area contributed by atoms with Crippen LogP contribution in [0.5, 0.6) is 5.75 Å². The number of amides is 5. The molecule has 5 amide bonds. The van der Waals surface area contributed by atoms with Gasteiger partial charge in [0.25, 0.3) is 0 Å². The lowest BCUT2D eigenvalue weighted by Gasteiger charge is -2.29. The van der Waals surface area contributed by atoms with E-state index in [4.69, 9.17) is 5.73 Å². The van der Waals surface area contributed by atoms with Crippen LogP contribution < -0.4 is 27.0 Å². The Balaban J connectivity index is 1.22. The van der Waals surface area contributed by atoms with E-state index in [1.807, 2.05) is 0 Å². The Bertz CT molecular complexity index is 2370. The van der Waals surface area contributed by atoms with E-state index in [0.717, 1.165) is 5.52 Å². The first kappa shape index (κ1) is 44.0. The molecular formula is C41H47N11O10. The number of aromatic hydroxyl groups is 1. The van der Waals surface area contributed by atoms with E-state index in [9.17, 15) is 48.9 Å². The number of para-hydroxylation sites is 1. The van der Waals surface area contributed by atoms with E-state index in [1.165, 1.54) is 54.2 Å². The van der Waals surface area contributed by atoms with Gasteiger partial charge in [-0.15, -0.1) is 0 Å². The largest absolute Gasteiger partial charge is 0.508 e. The number of H-pyrrole nitrogens is 3. The van der Waals surface area contributed by atoms with Crippen LogP contribution in [0.4, 0.5) is 0 Å². The highest BCUT2D eigenvalue weighted by atomic mass is 16.4. The minimum absolute atomic E-state index is 0.0641. The highest BCUT2D eigenvalue weighted by Gasteiger charge is 2.39. The number of nitrogens with zero attached hydrogens (tertiary/aromatic N) is 3. The Hall–Kier alpha value is -7.55. The van der Waals surface area contributed by atoms with Crippen LogP contribution in [-0.4, -0.2) is 129 Å². The summed E-state index contributed by atoms with van der Waals surface area (Å²) < 4.78 is 0. The average molecular weight is 854 g/mol. The van der Waals surface area contributed by atoms with Crippen molar-refractivity contribution in [3.05, 3.63) is 102 Å². The first-order valence-electron chi connectivity index (χ1n) is 19.7. The van der Waals surface area contributed by atoms with Crippen molar-refractivity contribution in [2.24, 2.45) is 5.73 Å². The lowest BCUT2D eigenvalue weighted by Crippen LogP contribution is -2.60. The molecule has 4 heterocycles. The van der Waals surface area contributed by atoms with Crippen LogP contribution >= 0.6 is 0 Å². The summed E-state index contributed by atoms with van der Waals surface area (Å²) in [6.07, 6.45) is 6.73. The van der Waals surface area contributed by atoms with Crippen LogP contribution in [0.25, 0.3) is 10.9 Å². The molecule has 62 heavy (non-hydrogen) atoms. The van der Waals surface area contributed by atoms with E-state index in [-0.39, 0.29) is 44.4 Å². The van der Waals surface area contributed by atoms with Gasteiger partial charge in [0.15, 0.2) is 0 Å². The fourth-order valence-electron chi connectivity index (χ4n) is 7.33. The van der Waals surface area contributed by atoms with Gasteiger partial charge in [-0.1, -0.05) is 30.3 Å². The smallest absolute Gasteiger partial charge is 0.326 e. The molecule has 0 radical (unpaired) electrons. The average Bonchev–Trinajstić information content (AvgIpc) is 4.09. The summed E-state index contributed by atoms with van der Waals surface area (Å²) in [7, 11) is 0. The molecule has 12 N–H and O–H groups in total. The van der Waals surface area contributed by atoms with Gasteiger partial charge < -0.3 is 62.2 Å². The molecule has 3 aromatic heterocycles. The molecule has 2 aromatic carbocycles. The van der Waals surface area contributed by atoms with Gasteiger partial charge in [0.05, 0.1) is 25.1 Å². The van der Waals surface area contributed by atoms with Crippen LogP contribution in [-0.2, 0) is 59.2 Å². The minimum atomic E-state index is -1.80. The zero-order valence-corrected chi connectivity index (χ0v) is 33.2. The number of carbonyl (C=O) groups is 7. The number of fused-ring (bicyclic) bond motifs is 1. The van der Waals surface area contributed by atoms with Crippen molar-refractivity contribution in [3.8, 4) is 5.75 Å². The number of aromatic nitrogens is 5. The third kappa shape index (κ3) is 11.4. The summed E-state index contributed by atoms with van der Waals surface area (Å²) in [5.41, 5.74) is 9.01. The number of nitrogens with one attached hydrogen (secondary N) is 7. The Morgan fingerprint density at radius 1 is 0.742 bits per heavy atom. The summed E-state index contributed by atoms with van der Waals surface area (Å²) in [5, 5.41) is 40.5. The lowest BCUT2D eigenvalue weighted by molar-refractivity contribution is -0.143. The number of phenolic OH excluding ortho intramolecular Hbond substituents is 1. The normalized spacial score (nSPS) is 16.1. The number of aliphatic carboxylic acids is 2. The second-order valence-electron chi connectivity index (χ2n) is 15.0. The number of hydrogen-bond acceptors (Lipinski definition) is 11. The van der Waals surface area contributed by atoms with Crippen LogP contribution in [0.15, 0.2) is 79.8 Å². The van der Waals surface area contributed by atoms with Gasteiger partial charge in [0.1, 0.15) is 36.0 Å². The molecule has 0 saturated carbocycles. The Kier molecular flexibility index (Phi) is 14.3. The number of aromatic amines is 3. The maximum atomic E-state index is 14.1. The molecule has 21 nitrogen and oxygen atoms in total. The first-order valence-corrected chi connectivity index (χ1v) is 19.7. The molecule has 21 heteroatoms. The van der Waals surface area contributed by atoms with Crippen LogP contribution in [0.3, 0.4) is 0 Å². The number of carbonyl (C=O) groups excluding carboxylic acids is 5. The SMILES string of the molecule is N[C@@H](Cc1cnc[nH]1)C(=O)N1CCC[C@H]1C(=O)N[C@@H](Cc1ccc(O)cc1)C(=O)N[C@@H](CC(=O)O)C(=O)N[C@@H](Cc1c[nH]c2ccccc12)C(=O)N[C@@H](Cc1cnc[nH]1)C(=O)O. The van der Waals surface area contributed by atoms with Crippen molar-refractivity contribution in [3.63, 3.8) is 0 Å². The van der Waals surface area contributed by atoms with Gasteiger partial charge in [0.2, 0.25) is 29.5 Å². The number of likely N-dealkylation sites (tertiary alicyclic amines) is 1. The number of nitrogens with two attached hydrogens (primary N) is 1. The van der Waals surface area contributed by atoms with Gasteiger partial charge in [-0.25, -0.2) is 14.8 Å². The van der Waals surface area contributed by atoms with E-state index in [0.29, 0.717) is 34.3 Å². The van der Waals surface area contributed by atoms with E-state index in [1.54, 1.807) is 30.5 Å². The summed E-state index contributed by atoms with van der Waals surface area (Å²) >= 11 is 0. The second-order valence-corrected chi connectivity index (χ2v) is 15.0. The number of carboxylic acids is 2. The van der Waals surface area contributed by atoms with Gasteiger partial charge in [-0.05, 0) is 42.2 Å². The van der Waals surface area contributed by atoms with Crippen molar-refractivity contribution < 1.29 is 48.9 Å². The predicted molar refractivity (Wildman–Crippen MR) is 219 cm³/mol. The Morgan fingerprint density at radius 3 is 2.00 bits per heavy atom. The number of benzene rings is 2. The van der Waals surface area contributed by atoms with Gasteiger partial charge in [-0.3, -0.25) is 28.8 Å². The molecule has 6 atom stereocenters. The quantitative estimate of drug-likeness (QED) is 0.0467. The highest BCUT2D eigenvalue weighted by molar-refractivity contribution is 5.98. The summed E-state index contributed by atoms with van der Waals surface area (Å²) in [6, 6.07) is 4.72. The summed E-state index contributed by atoms with van der Waals surface area (Å²) in [4.78, 5) is 112. The molecule has 0 bridgehead atoms. The van der Waals surface area contributed by atoms with Crippen LogP contribution in [0, 0.1) is 0 Å². The maximum Gasteiger partial charge on any atom is 0.326 e. The monoisotopic (exact) mass is 853 g/mol. The number of carboxylic acid groups (broad SMARTS) is 2. The van der Waals surface area contributed by atoms with Gasteiger partial charge in [-0.2, -0.15) is 0 Å². The van der Waals surface area contributed by atoms with Crippen LogP contribution in [0.1, 0.15) is 41.8 Å². The zero-order chi connectivity index (χ0) is 44.3. The van der Waals surface area contributed by atoms with E-state index < -0.39 is 84.1 Å². The first-order chi connectivity index (χ1) is 29.7. The maximum absolute atomic E-state index is 14.1. The van der Waals surface area contributed by atoms with Crippen LogP contribution in [0.2, 0.25) is 0 Å². The molecule has 1 fully saturated rings. The molecule has 0 spiro atoms. The standard InChI is InChI=1S/C41H47N11O10/c42-28(14-24-18-43-20-46-24)40(60)52-11-3-6-34(52)39(59)50-30(12-22-7-9-26(53)10-8-22)36(56)49-32(16-35(54)55)38(58)48-31(13-23-17-45-29-5-2-1-4-27(23)29)37(57)51-33(41(61)62)15-25-19-44-21-47-25/h1-2,4-5,7-10,17-21,28,30-34,45,53H,3,6,11-16,42H2,(H,43,46)(H,44,47)(H,48,58)(H,49,56)(H,50,59)(H,51,57)(H,54,55)(H,61,62)/t28-,30-,31-,32-,33-,34-/m0/s1. The number of rotatable bonds is 20. The number of hydrogen-bond donors (Lipinski definition) is 11. The molecule has 6 rings (SSSR count). The molecule has 1 aliphatic heterocycles. The highest BCUT2D eigenvalue weighted by Crippen LogP contribution is 2.21. The third-order valence-corrected chi connectivity index (χ3v) is 10.5. The number of phenols is 1. The fraction of sp³-hybridized carbons (Fsp3) is 0.341.